The van der Waals surface area contributed by atoms with Crippen LogP contribution in [0.25, 0.3) is 0 Å². The summed E-state index contributed by atoms with van der Waals surface area (Å²) in [6, 6.07) is 10.8. The number of ether oxygens (including phenoxy) is 2. The Hall–Kier alpha value is -2.53. The van der Waals surface area contributed by atoms with Gasteiger partial charge in [0.25, 0.3) is 0 Å². The quantitative estimate of drug-likeness (QED) is 0.790. The van der Waals surface area contributed by atoms with Gasteiger partial charge in [-0.25, -0.2) is 0 Å². The van der Waals surface area contributed by atoms with Gasteiger partial charge in [0, 0.05) is 13.1 Å². The second-order valence-electron chi connectivity index (χ2n) is 8.46. The Morgan fingerprint density at radius 1 is 0.967 bits per heavy atom. The zero-order chi connectivity index (χ0) is 21.1. The topological polar surface area (TPSA) is 50.8 Å². The monoisotopic (exact) mass is 408 g/mol. The third-order valence-corrected chi connectivity index (χ3v) is 6.41. The predicted octanol–water partition coefficient (Wildman–Crippen LogP) is 3.82. The van der Waals surface area contributed by atoms with E-state index < -0.39 is 0 Å². The number of carbonyl (C=O) groups excluding carboxylic acids is 1. The van der Waals surface area contributed by atoms with Gasteiger partial charge in [-0.1, -0.05) is 18.2 Å². The molecule has 1 atom stereocenters. The third kappa shape index (κ3) is 4.46. The minimum absolute atomic E-state index is 0.0196. The number of hydrogen-bond donors (Lipinski definition) is 1. The summed E-state index contributed by atoms with van der Waals surface area (Å²) >= 11 is 0. The van der Waals surface area contributed by atoms with Gasteiger partial charge in [0.05, 0.1) is 26.8 Å². The number of rotatable bonds is 6. The molecule has 160 valence electrons. The van der Waals surface area contributed by atoms with Crippen LogP contribution in [0.5, 0.6) is 11.5 Å². The van der Waals surface area contributed by atoms with E-state index in [0.717, 1.165) is 37.4 Å². The van der Waals surface area contributed by atoms with E-state index in [2.05, 4.69) is 41.4 Å². The summed E-state index contributed by atoms with van der Waals surface area (Å²) in [5.41, 5.74) is 6.60. The summed E-state index contributed by atoms with van der Waals surface area (Å²) < 4.78 is 10.8. The highest BCUT2D eigenvalue weighted by molar-refractivity contribution is 5.78. The Kier molecular flexibility index (Phi) is 6.28. The molecule has 1 aliphatic carbocycles. The van der Waals surface area contributed by atoms with Crippen molar-refractivity contribution in [2.45, 2.75) is 51.6 Å². The van der Waals surface area contributed by atoms with Crippen molar-refractivity contribution in [3.63, 3.8) is 0 Å². The molecule has 5 heteroatoms. The zero-order valence-corrected chi connectivity index (χ0v) is 18.3. The van der Waals surface area contributed by atoms with Crippen LogP contribution in [0.1, 0.15) is 53.6 Å². The number of aryl methyl sites for hydroxylation is 2. The molecule has 2 aromatic rings. The average molecular weight is 409 g/mol. The van der Waals surface area contributed by atoms with Crippen LogP contribution in [-0.4, -0.2) is 38.1 Å². The number of carbonyl (C=O) groups is 1. The number of benzene rings is 2. The number of amides is 1. The fraction of sp³-hybridized carbons (Fsp3) is 0.480. The van der Waals surface area contributed by atoms with Gasteiger partial charge in [0.15, 0.2) is 11.5 Å². The highest BCUT2D eigenvalue weighted by atomic mass is 16.5. The number of nitrogens with zero attached hydrogens (tertiary/aromatic N) is 1. The second-order valence-corrected chi connectivity index (χ2v) is 8.46. The molecule has 5 nitrogen and oxygen atoms in total. The van der Waals surface area contributed by atoms with Gasteiger partial charge in [0.2, 0.25) is 5.91 Å². The summed E-state index contributed by atoms with van der Waals surface area (Å²) in [5, 5.41) is 3.19. The van der Waals surface area contributed by atoms with Crippen molar-refractivity contribution in [3.05, 3.63) is 58.1 Å². The standard InChI is InChI=1S/C25H32N2O3/c1-17(19-9-8-18-6-4-5-7-20(18)12-19)26-25(28)16-27-11-10-21-13-23(29-2)24(30-3)14-22(21)15-27/h8-9,12-14,17H,4-7,10-11,15-16H2,1-3H3,(H,26,28)/t17-/m0/s1. The molecule has 0 aromatic heterocycles. The molecule has 2 aromatic carbocycles. The molecule has 0 radical (unpaired) electrons. The van der Waals surface area contributed by atoms with Crippen molar-refractivity contribution in [2.24, 2.45) is 0 Å². The van der Waals surface area contributed by atoms with Crippen LogP contribution in [0.2, 0.25) is 0 Å². The Balaban J connectivity index is 1.36. The first-order valence-electron chi connectivity index (χ1n) is 10.9. The number of methoxy groups -OCH3 is 2. The summed E-state index contributed by atoms with van der Waals surface area (Å²) in [4.78, 5) is 14.9. The molecule has 30 heavy (non-hydrogen) atoms. The minimum Gasteiger partial charge on any atom is -0.493 e. The normalized spacial score (nSPS) is 16.9. The molecule has 0 saturated carbocycles. The van der Waals surface area contributed by atoms with Crippen molar-refractivity contribution in [3.8, 4) is 11.5 Å². The van der Waals surface area contributed by atoms with Crippen LogP contribution < -0.4 is 14.8 Å². The smallest absolute Gasteiger partial charge is 0.234 e. The summed E-state index contributed by atoms with van der Waals surface area (Å²) in [7, 11) is 3.31. The van der Waals surface area contributed by atoms with Gasteiger partial charge in [-0.3, -0.25) is 9.69 Å². The van der Waals surface area contributed by atoms with Crippen LogP contribution in [0, 0.1) is 0 Å². The Labute approximate surface area is 179 Å². The molecule has 0 saturated heterocycles. The largest absolute Gasteiger partial charge is 0.493 e. The zero-order valence-electron chi connectivity index (χ0n) is 18.3. The van der Waals surface area contributed by atoms with Crippen molar-refractivity contribution < 1.29 is 14.3 Å². The lowest BCUT2D eigenvalue weighted by molar-refractivity contribution is -0.123. The van der Waals surface area contributed by atoms with Gasteiger partial charge < -0.3 is 14.8 Å². The molecule has 1 heterocycles. The van der Waals surface area contributed by atoms with Crippen LogP contribution in [-0.2, 0) is 30.6 Å². The van der Waals surface area contributed by atoms with Gasteiger partial charge in [0.1, 0.15) is 0 Å². The fourth-order valence-electron chi connectivity index (χ4n) is 4.67. The first-order chi connectivity index (χ1) is 14.6. The van der Waals surface area contributed by atoms with E-state index in [9.17, 15) is 4.79 Å². The average Bonchev–Trinajstić information content (AvgIpc) is 2.77. The predicted molar refractivity (Wildman–Crippen MR) is 118 cm³/mol. The maximum absolute atomic E-state index is 12.7. The summed E-state index contributed by atoms with van der Waals surface area (Å²) in [6.07, 6.45) is 5.80. The molecule has 0 bridgehead atoms. The molecule has 1 N–H and O–H groups in total. The summed E-state index contributed by atoms with van der Waals surface area (Å²) in [5.74, 6) is 1.58. The molecule has 1 aliphatic heterocycles. The highest BCUT2D eigenvalue weighted by Crippen LogP contribution is 2.33. The maximum atomic E-state index is 12.7. The van der Waals surface area contributed by atoms with Crippen LogP contribution in [0.3, 0.4) is 0 Å². The van der Waals surface area contributed by atoms with Crippen molar-refractivity contribution in [1.82, 2.24) is 10.2 Å². The Bertz CT molecular complexity index is 925. The molecule has 2 aliphatic rings. The van der Waals surface area contributed by atoms with Crippen LogP contribution in [0.4, 0.5) is 0 Å². The molecular formula is C25H32N2O3. The number of hydrogen-bond acceptors (Lipinski definition) is 4. The molecule has 0 spiro atoms. The lowest BCUT2D eigenvalue weighted by Crippen LogP contribution is -2.40. The van der Waals surface area contributed by atoms with E-state index in [1.165, 1.54) is 47.1 Å². The second kappa shape index (κ2) is 9.09. The lowest BCUT2D eigenvalue weighted by Gasteiger charge is -2.29. The van der Waals surface area contributed by atoms with Crippen molar-refractivity contribution in [1.29, 1.82) is 0 Å². The van der Waals surface area contributed by atoms with Crippen LogP contribution >= 0.6 is 0 Å². The summed E-state index contributed by atoms with van der Waals surface area (Å²) in [6.45, 7) is 4.09. The van der Waals surface area contributed by atoms with Gasteiger partial charge in [-0.2, -0.15) is 0 Å². The van der Waals surface area contributed by atoms with Crippen molar-refractivity contribution in [2.75, 3.05) is 27.3 Å². The van der Waals surface area contributed by atoms with Crippen LogP contribution in [0.15, 0.2) is 30.3 Å². The molecular weight excluding hydrogens is 376 g/mol. The van der Waals surface area contributed by atoms with Crippen molar-refractivity contribution >= 4 is 5.91 Å². The first kappa shape index (κ1) is 20.7. The fourth-order valence-corrected chi connectivity index (χ4v) is 4.67. The number of fused-ring (bicyclic) bond motifs is 2. The first-order valence-corrected chi connectivity index (χ1v) is 10.9. The van der Waals surface area contributed by atoms with E-state index in [0.29, 0.717) is 6.54 Å². The van der Waals surface area contributed by atoms with E-state index in [1.807, 2.05) is 6.07 Å². The van der Waals surface area contributed by atoms with Gasteiger partial charge >= 0.3 is 0 Å². The van der Waals surface area contributed by atoms with E-state index in [-0.39, 0.29) is 11.9 Å². The van der Waals surface area contributed by atoms with Gasteiger partial charge in [-0.15, -0.1) is 0 Å². The Morgan fingerprint density at radius 3 is 2.37 bits per heavy atom. The van der Waals surface area contributed by atoms with Gasteiger partial charge in [-0.05, 0) is 79.0 Å². The third-order valence-electron chi connectivity index (χ3n) is 6.41. The number of nitrogens with one attached hydrogen (secondary N) is 1. The molecule has 0 unspecified atom stereocenters. The highest BCUT2D eigenvalue weighted by Gasteiger charge is 2.22. The molecule has 0 fully saturated rings. The van der Waals surface area contributed by atoms with E-state index >= 15 is 0 Å². The lowest BCUT2D eigenvalue weighted by atomic mass is 9.89. The maximum Gasteiger partial charge on any atom is 0.234 e. The van der Waals surface area contributed by atoms with E-state index in [4.69, 9.17) is 9.47 Å². The Morgan fingerprint density at radius 2 is 1.63 bits per heavy atom. The SMILES string of the molecule is COc1cc2c(cc1OC)CN(CC(=O)N[C@@H](C)c1ccc3c(c1)CCCC3)CC2. The molecule has 4 rings (SSSR count). The molecule has 1 amide bonds. The minimum atomic E-state index is 0.0196. The van der Waals surface area contributed by atoms with E-state index in [1.54, 1.807) is 14.2 Å².